The first kappa shape index (κ1) is 14.0. The van der Waals surface area contributed by atoms with Crippen LogP contribution in [0.15, 0.2) is 36.5 Å². The minimum atomic E-state index is -0.251. The van der Waals surface area contributed by atoms with Gasteiger partial charge in [-0.2, -0.15) is 0 Å². The zero-order valence-electron chi connectivity index (χ0n) is 11.5. The van der Waals surface area contributed by atoms with Crippen LogP contribution in [0.25, 0.3) is 0 Å². The van der Waals surface area contributed by atoms with Gasteiger partial charge in [-0.05, 0) is 30.7 Å². The lowest BCUT2D eigenvalue weighted by Gasteiger charge is -2.10. The normalized spacial score (nSPS) is 10.2. The Labute approximate surface area is 117 Å². The van der Waals surface area contributed by atoms with Gasteiger partial charge >= 0.3 is 0 Å². The number of aryl methyl sites for hydroxylation is 1. The minimum Gasteiger partial charge on any atom is -0.496 e. The van der Waals surface area contributed by atoms with Gasteiger partial charge in [0, 0.05) is 12.7 Å². The standard InChI is InChI=1S/C15H17N3O2/c1-10-3-5-13(20-2)12(7-10)15(19)18-14-6-4-11(8-16)9-17-14/h3-7,9H,8,16H2,1-2H3,(H,17,18,19). The van der Waals surface area contributed by atoms with Gasteiger partial charge < -0.3 is 15.8 Å². The number of methoxy groups -OCH3 is 1. The van der Waals surface area contributed by atoms with Crippen LogP contribution >= 0.6 is 0 Å². The number of benzene rings is 1. The molecular weight excluding hydrogens is 254 g/mol. The van der Waals surface area contributed by atoms with Crippen molar-refractivity contribution in [2.75, 3.05) is 12.4 Å². The van der Waals surface area contributed by atoms with E-state index in [9.17, 15) is 4.79 Å². The number of carbonyl (C=O) groups is 1. The van der Waals surface area contributed by atoms with E-state index in [0.29, 0.717) is 23.7 Å². The molecule has 0 atom stereocenters. The smallest absolute Gasteiger partial charge is 0.260 e. The molecule has 0 bridgehead atoms. The van der Waals surface area contributed by atoms with Crippen LogP contribution in [0.3, 0.4) is 0 Å². The summed E-state index contributed by atoms with van der Waals surface area (Å²) in [7, 11) is 1.54. The van der Waals surface area contributed by atoms with E-state index in [2.05, 4.69) is 10.3 Å². The van der Waals surface area contributed by atoms with Gasteiger partial charge in [-0.1, -0.05) is 17.7 Å². The van der Waals surface area contributed by atoms with Crippen LogP contribution in [0.1, 0.15) is 21.5 Å². The summed E-state index contributed by atoms with van der Waals surface area (Å²) in [6.45, 7) is 2.34. The molecule has 0 unspecified atom stereocenters. The molecule has 0 saturated carbocycles. The minimum absolute atomic E-state index is 0.251. The SMILES string of the molecule is COc1ccc(C)cc1C(=O)Nc1ccc(CN)cn1. The third-order valence-electron chi connectivity index (χ3n) is 2.90. The topological polar surface area (TPSA) is 77.2 Å². The second kappa shape index (κ2) is 6.16. The highest BCUT2D eigenvalue weighted by Crippen LogP contribution is 2.20. The van der Waals surface area contributed by atoms with Crippen molar-refractivity contribution in [3.8, 4) is 5.75 Å². The predicted octanol–water partition coefficient (Wildman–Crippen LogP) is 2.11. The Hall–Kier alpha value is -2.40. The van der Waals surface area contributed by atoms with Crippen LogP contribution in [-0.2, 0) is 6.54 Å². The van der Waals surface area contributed by atoms with Crippen molar-refractivity contribution in [3.05, 3.63) is 53.2 Å². The number of nitrogens with one attached hydrogen (secondary N) is 1. The zero-order chi connectivity index (χ0) is 14.5. The number of amides is 1. The van der Waals surface area contributed by atoms with E-state index in [4.69, 9.17) is 10.5 Å². The quantitative estimate of drug-likeness (QED) is 0.892. The van der Waals surface area contributed by atoms with Crippen molar-refractivity contribution in [1.29, 1.82) is 0 Å². The van der Waals surface area contributed by atoms with Gasteiger partial charge in [0.15, 0.2) is 0 Å². The fourth-order valence-corrected chi connectivity index (χ4v) is 1.80. The molecule has 0 spiro atoms. The number of nitrogens with zero attached hydrogens (tertiary/aromatic N) is 1. The maximum absolute atomic E-state index is 12.2. The van der Waals surface area contributed by atoms with E-state index < -0.39 is 0 Å². The first-order valence-electron chi connectivity index (χ1n) is 6.25. The molecule has 0 saturated heterocycles. The molecular formula is C15H17N3O2. The molecule has 0 aliphatic carbocycles. The molecule has 1 amide bonds. The van der Waals surface area contributed by atoms with E-state index >= 15 is 0 Å². The Kier molecular flexibility index (Phi) is 4.32. The Balaban J connectivity index is 2.20. The summed E-state index contributed by atoms with van der Waals surface area (Å²) in [6.07, 6.45) is 1.64. The Morgan fingerprint density at radius 3 is 2.75 bits per heavy atom. The van der Waals surface area contributed by atoms with Crippen LogP contribution in [0.5, 0.6) is 5.75 Å². The first-order chi connectivity index (χ1) is 9.63. The molecule has 5 heteroatoms. The van der Waals surface area contributed by atoms with E-state index in [1.54, 1.807) is 24.4 Å². The van der Waals surface area contributed by atoms with Crippen LogP contribution in [-0.4, -0.2) is 18.0 Å². The van der Waals surface area contributed by atoms with Crippen molar-refractivity contribution in [3.63, 3.8) is 0 Å². The average Bonchev–Trinajstić information content (AvgIpc) is 2.48. The first-order valence-corrected chi connectivity index (χ1v) is 6.25. The average molecular weight is 271 g/mol. The number of aromatic nitrogens is 1. The number of nitrogens with two attached hydrogens (primary N) is 1. The van der Waals surface area contributed by atoms with Crippen LogP contribution in [0.4, 0.5) is 5.82 Å². The summed E-state index contributed by atoms with van der Waals surface area (Å²) in [5, 5.41) is 2.74. The molecule has 0 fully saturated rings. The lowest BCUT2D eigenvalue weighted by atomic mass is 10.1. The molecule has 1 aromatic heterocycles. The van der Waals surface area contributed by atoms with Crippen molar-refractivity contribution in [2.24, 2.45) is 5.73 Å². The number of ether oxygens (including phenoxy) is 1. The molecule has 20 heavy (non-hydrogen) atoms. The Bertz CT molecular complexity index is 609. The van der Waals surface area contributed by atoms with E-state index in [-0.39, 0.29) is 5.91 Å². The number of carbonyl (C=O) groups excluding carboxylic acids is 1. The summed E-state index contributed by atoms with van der Waals surface area (Å²) >= 11 is 0. The molecule has 0 aliphatic rings. The number of anilines is 1. The van der Waals surface area contributed by atoms with E-state index in [1.807, 2.05) is 19.1 Å². The molecule has 104 valence electrons. The number of hydrogen-bond donors (Lipinski definition) is 2. The van der Waals surface area contributed by atoms with Crippen molar-refractivity contribution in [1.82, 2.24) is 4.98 Å². The van der Waals surface area contributed by atoms with Crippen molar-refractivity contribution in [2.45, 2.75) is 13.5 Å². The molecule has 1 aromatic carbocycles. The highest BCUT2D eigenvalue weighted by atomic mass is 16.5. The number of rotatable bonds is 4. The fraction of sp³-hybridized carbons (Fsp3) is 0.200. The molecule has 2 aromatic rings. The summed E-state index contributed by atoms with van der Waals surface area (Å²) in [5.41, 5.74) is 7.89. The van der Waals surface area contributed by atoms with E-state index in [1.165, 1.54) is 7.11 Å². The monoisotopic (exact) mass is 271 g/mol. The van der Waals surface area contributed by atoms with Crippen LogP contribution < -0.4 is 15.8 Å². The second-order valence-corrected chi connectivity index (χ2v) is 4.41. The Morgan fingerprint density at radius 1 is 1.35 bits per heavy atom. The summed E-state index contributed by atoms with van der Waals surface area (Å²) in [6, 6.07) is 9.00. The third kappa shape index (κ3) is 3.13. The van der Waals surface area contributed by atoms with Gasteiger partial charge in [-0.25, -0.2) is 4.98 Å². The number of hydrogen-bond acceptors (Lipinski definition) is 4. The van der Waals surface area contributed by atoms with Gasteiger partial charge in [0.25, 0.3) is 5.91 Å². The maximum atomic E-state index is 12.2. The summed E-state index contributed by atoms with van der Waals surface area (Å²) < 4.78 is 5.20. The summed E-state index contributed by atoms with van der Waals surface area (Å²) in [5.74, 6) is 0.765. The summed E-state index contributed by atoms with van der Waals surface area (Å²) in [4.78, 5) is 16.4. The molecule has 2 rings (SSSR count). The largest absolute Gasteiger partial charge is 0.496 e. The van der Waals surface area contributed by atoms with Crippen LogP contribution in [0.2, 0.25) is 0 Å². The molecule has 0 aliphatic heterocycles. The lowest BCUT2D eigenvalue weighted by molar-refractivity contribution is 0.102. The highest BCUT2D eigenvalue weighted by molar-refractivity contribution is 6.05. The molecule has 5 nitrogen and oxygen atoms in total. The van der Waals surface area contributed by atoms with Crippen LogP contribution in [0, 0.1) is 6.92 Å². The fourth-order valence-electron chi connectivity index (χ4n) is 1.80. The van der Waals surface area contributed by atoms with Gasteiger partial charge in [0.1, 0.15) is 11.6 Å². The highest BCUT2D eigenvalue weighted by Gasteiger charge is 2.13. The lowest BCUT2D eigenvalue weighted by Crippen LogP contribution is -2.14. The molecule has 0 radical (unpaired) electrons. The van der Waals surface area contributed by atoms with Crippen molar-refractivity contribution < 1.29 is 9.53 Å². The van der Waals surface area contributed by atoms with Gasteiger partial charge in [0.05, 0.1) is 12.7 Å². The zero-order valence-corrected chi connectivity index (χ0v) is 11.5. The molecule has 3 N–H and O–H groups in total. The van der Waals surface area contributed by atoms with Crippen molar-refractivity contribution >= 4 is 11.7 Å². The number of pyridine rings is 1. The predicted molar refractivity (Wildman–Crippen MR) is 77.8 cm³/mol. The van der Waals surface area contributed by atoms with E-state index in [0.717, 1.165) is 11.1 Å². The maximum Gasteiger partial charge on any atom is 0.260 e. The van der Waals surface area contributed by atoms with Gasteiger partial charge in [-0.3, -0.25) is 4.79 Å². The van der Waals surface area contributed by atoms with Gasteiger partial charge in [0.2, 0.25) is 0 Å². The third-order valence-corrected chi connectivity index (χ3v) is 2.90. The second-order valence-electron chi connectivity index (χ2n) is 4.41. The molecule has 1 heterocycles. The van der Waals surface area contributed by atoms with Gasteiger partial charge in [-0.15, -0.1) is 0 Å². The Morgan fingerprint density at radius 2 is 2.15 bits per heavy atom.